The van der Waals surface area contributed by atoms with E-state index in [1.807, 2.05) is 34.4 Å². The second-order valence-electron chi connectivity index (χ2n) is 5.99. The minimum Gasteiger partial charge on any atom is -0.352 e. The molecule has 5 atom stereocenters. The van der Waals surface area contributed by atoms with Gasteiger partial charge in [-0.15, -0.1) is 0 Å². The number of rotatable bonds is 4. The molecule has 0 bridgehead atoms. The largest absolute Gasteiger partial charge is 2.00 e. The Bertz CT molecular complexity index is 674. The van der Waals surface area contributed by atoms with Crippen LogP contribution in [0.15, 0.2) is 12.7 Å². The molecule has 3 heterocycles. The summed E-state index contributed by atoms with van der Waals surface area (Å²) in [5.41, 5.74) is 2.13. The van der Waals surface area contributed by atoms with Crippen LogP contribution in [-0.2, 0) is 25.8 Å². The van der Waals surface area contributed by atoms with Crippen LogP contribution in [0.25, 0.3) is 11.2 Å². The van der Waals surface area contributed by atoms with Gasteiger partial charge in [-0.25, -0.2) is 19.3 Å². The van der Waals surface area contributed by atoms with E-state index in [0.29, 0.717) is 17.6 Å². The summed E-state index contributed by atoms with van der Waals surface area (Å²) in [7, 11) is 0.197. The van der Waals surface area contributed by atoms with Crippen molar-refractivity contribution in [3.63, 3.8) is 0 Å². The van der Waals surface area contributed by atoms with Gasteiger partial charge in [0.25, 0.3) is 0 Å². The summed E-state index contributed by atoms with van der Waals surface area (Å²) in [4.78, 5) is 12.7. The number of hydrogen-bond donors (Lipinski definition) is 0. The van der Waals surface area contributed by atoms with Gasteiger partial charge in [0, 0.05) is 8.81 Å². The molecule has 1 aliphatic rings. The van der Waals surface area contributed by atoms with E-state index >= 15 is 0 Å². The van der Waals surface area contributed by atoms with Crippen molar-refractivity contribution < 1.29 is 30.1 Å². The van der Waals surface area contributed by atoms with Crippen LogP contribution in [0.1, 0.15) is 52.0 Å². The van der Waals surface area contributed by atoms with Crippen molar-refractivity contribution in [1.29, 1.82) is 0 Å². The minimum absolute atomic E-state index is 0. The SMILES string of the molecule is CCC1OC(n2cnc3c(C)ncnc32)C(OPC)C1F.[CH2-]CC.[CH2-]CC.[Ni+2]. The van der Waals surface area contributed by atoms with Crippen LogP contribution in [0.4, 0.5) is 4.39 Å². The molecule has 0 spiro atoms. The molecule has 0 aliphatic carbocycles. The van der Waals surface area contributed by atoms with Gasteiger partial charge in [0.1, 0.15) is 17.9 Å². The minimum atomic E-state index is -1.15. The van der Waals surface area contributed by atoms with Crippen LogP contribution in [0.3, 0.4) is 0 Å². The van der Waals surface area contributed by atoms with E-state index in [4.69, 9.17) is 9.26 Å². The molecule has 1 fully saturated rings. The molecule has 0 saturated carbocycles. The first-order valence-electron chi connectivity index (χ1n) is 9.34. The number of ether oxygens (including phenoxy) is 1. The van der Waals surface area contributed by atoms with Crippen molar-refractivity contribution >= 4 is 20.0 Å². The average molecular weight is 457 g/mol. The van der Waals surface area contributed by atoms with Crippen LogP contribution >= 0.6 is 8.81 Å². The Kier molecular flexibility index (Phi) is 14.0. The van der Waals surface area contributed by atoms with Crippen LogP contribution in [0.5, 0.6) is 0 Å². The van der Waals surface area contributed by atoms with Gasteiger partial charge in [-0.1, -0.05) is 20.8 Å². The molecule has 0 N–H and O–H groups in total. The molecule has 28 heavy (non-hydrogen) atoms. The van der Waals surface area contributed by atoms with Crippen molar-refractivity contribution in [2.24, 2.45) is 0 Å². The van der Waals surface area contributed by atoms with E-state index in [0.717, 1.165) is 18.5 Å². The first kappa shape index (κ1) is 27.3. The molecule has 1 saturated heterocycles. The summed E-state index contributed by atoms with van der Waals surface area (Å²) < 4.78 is 27.6. The average Bonchev–Trinajstić information content (AvgIpc) is 3.20. The number of aromatic nitrogens is 4. The zero-order chi connectivity index (χ0) is 20.4. The number of imidazole rings is 1. The van der Waals surface area contributed by atoms with E-state index in [9.17, 15) is 4.39 Å². The van der Waals surface area contributed by atoms with Crippen molar-refractivity contribution in [1.82, 2.24) is 19.5 Å². The van der Waals surface area contributed by atoms with Crippen LogP contribution in [-0.4, -0.2) is 44.6 Å². The van der Waals surface area contributed by atoms with Gasteiger partial charge < -0.3 is 23.1 Å². The second-order valence-corrected chi connectivity index (χ2v) is 6.63. The van der Waals surface area contributed by atoms with Crippen molar-refractivity contribution in [3.8, 4) is 0 Å². The first-order valence-corrected chi connectivity index (χ1v) is 10.8. The van der Waals surface area contributed by atoms with E-state index in [1.54, 1.807) is 10.9 Å². The number of alkyl halides is 1. The van der Waals surface area contributed by atoms with Crippen LogP contribution in [0.2, 0.25) is 0 Å². The zero-order valence-corrected chi connectivity index (χ0v) is 19.3. The Morgan fingerprint density at radius 2 is 1.82 bits per heavy atom. The first-order chi connectivity index (χ1) is 13.0. The Morgan fingerprint density at radius 1 is 1.21 bits per heavy atom. The fourth-order valence-electron chi connectivity index (χ4n) is 2.66. The predicted octanol–water partition coefficient (Wildman–Crippen LogP) is 4.85. The van der Waals surface area contributed by atoms with Crippen molar-refractivity contribution in [3.05, 3.63) is 32.2 Å². The molecule has 2 aromatic rings. The van der Waals surface area contributed by atoms with Crippen LogP contribution in [0, 0.1) is 20.8 Å². The normalized spacial score (nSPS) is 23.7. The summed E-state index contributed by atoms with van der Waals surface area (Å²) >= 11 is 0. The molecule has 5 unspecified atom stereocenters. The van der Waals surface area contributed by atoms with Crippen LogP contribution < -0.4 is 0 Å². The van der Waals surface area contributed by atoms with Crippen molar-refractivity contribution in [2.45, 2.75) is 71.6 Å². The van der Waals surface area contributed by atoms with E-state index < -0.39 is 24.6 Å². The topological polar surface area (TPSA) is 62.1 Å². The Morgan fingerprint density at radius 3 is 2.36 bits per heavy atom. The number of nitrogens with zero attached hydrogens (tertiary/aromatic N) is 4. The smallest absolute Gasteiger partial charge is 0.352 e. The standard InChI is InChI=1S/C13H18FN4O2P.2C3H7.Ni/c1-4-8-9(14)11(20-21-3)13(19-8)18-6-17-10-7(2)15-5-16-12(10)18;2*1-3-2;/h5-6,8-9,11,13,21H,4H2,1-3H3;2*1,3H2,2H3;/q;2*-1;+2. The van der Waals surface area contributed by atoms with Gasteiger partial charge in [-0.05, 0) is 20.0 Å². The summed E-state index contributed by atoms with van der Waals surface area (Å²) in [6.07, 6.45) is 2.92. The zero-order valence-electron chi connectivity index (χ0n) is 17.3. The molecule has 162 valence electrons. The summed E-state index contributed by atoms with van der Waals surface area (Å²) in [5, 5.41) is 0. The summed E-state index contributed by atoms with van der Waals surface area (Å²) in [6, 6.07) is 0. The fourth-order valence-corrected chi connectivity index (χ4v) is 3.18. The number of aryl methyl sites for hydroxylation is 1. The summed E-state index contributed by atoms with van der Waals surface area (Å²) in [5.74, 6) is 0. The molecule has 6 nitrogen and oxygen atoms in total. The maximum atomic E-state index is 14.4. The van der Waals surface area contributed by atoms with E-state index in [-0.39, 0.29) is 25.3 Å². The Balaban J connectivity index is 0.000000930. The molecule has 1 aliphatic heterocycles. The molecular weight excluding hydrogens is 425 g/mol. The van der Waals surface area contributed by atoms with Gasteiger partial charge in [0.15, 0.2) is 18.0 Å². The fraction of sp³-hybridized carbons (Fsp3) is 0.632. The third-order valence-electron chi connectivity index (χ3n) is 3.74. The predicted molar refractivity (Wildman–Crippen MR) is 110 cm³/mol. The van der Waals surface area contributed by atoms with E-state index in [1.165, 1.54) is 6.33 Å². The molecule has 0 amide bonds. The monoisotopic (exact) mass is 456 g/mol. The van der Waals surface area contributed by atoms with Gasteiger partial charge in [0.2, 0.25) is 0 Å². The Hall–Kier alpha value is -0.676. The third kappa shape index (κ3) is 6.69. The quantitative estimate of drug-likeness (QED) is 0.374. The van der Waals surface area contributed by atoms with Gasteiger partial charge in [-0.3, -0.25) is 4.57 Å². The van der Waals surface area contributed by atoms with Crippen molar-refractivity contribution in [2.75, 3.05) is 6.66 Å². The number of fused-ring (bicyclic) bond motifs is 1. The third-order valence-corrected chi connectivity index (χ3v) is 4.24. The summed E-state index contributed by atoms with van der Waals surface area (Å²) in [6.45, 7) is 16.6. The molecule has 0 aromatic carbocycles. The van der Waals surface area contributed by atoms with E-state index in [2.05, 4.69) is 28.8 Å². The van der Waals surface area contributed by atoms with Gasteiger partial charge in [0.05, 0.1) is 18.1 Å². The number of halogens is 1. The maximum absolute atomic E-state index is 14.4. The molecule has 9 heteroatoms. The number of hydrogen-bond acceptors (Lipinski definition) is 5. The maximum Gasteiger partial charge on any atom is 2.00 e. The molecular formula is C19H32FN4NiO2P. The molecule has 3 rings (SSSR count). The molecule has 0 radical (unpaired) electrons. The van der Waals surface area contributed by atoms with Gasteiger partial charge in [-0.2, -0.15) is 12.8 Å². The second kappa shape index (κ2) is 14.3. The van der Waals surface area contributed by atoms with Gasteiger partial charge >= 0.3 is 16.5 Å². The molecule has 2 aromatic heterocycles. The Labute approximate surface area is 180 Å².